The number of aliphatic hydroxyl groups excluding tert-OH is 1. The quantitative estimate of drug-likeness (QED) is 0.490. The Kier molecular flexibility index (Phi) is 3.54. The molecule has 0 aromatic rings. The van der Waals surface area contributed by atoms with E-state index in [0.717, 1.165) is 0 Å². The van der Waals surface area contributed by atoms with Gasteiger partial charge in [0.15, 0.2) is 0 Å². The number of cyclic esters (lactones) is 1. The summed E-state index contributed by atoms with van der Waals surface area (Å²) in [6.45, 7) is 4.50. The Hall–Kier alpha value is -1.14. The first-order valence-corrected chi connectivity index (χ1v) is 5.14. The lowest BCUT2D eigenvalue weighted by Gasteiger charge is -2.23. The lowest BCUT2D eigenvalue weighted by atomic mass is 9.86. The molecular weight excluding hydrogens is 216 g/mol. The zero-order valence-electron chi connectivity index (χ0n) is 9.47. The molecule has 0 spiro atoms. The molecule has 16 heavy (non-hydrogen) atoms. The molecule has 0 saturated carbocycles. The normalized spacial score (nSPS) is 35.7. The molecule has 0 radical (unpaired) electrons. The topological polar surface area (TPSA) is 93.1 Å². The predicted octanol–water partition coefficient (Wildman–Crippen LogP) is -0.777. The third-order valence-electron chi connectivity index (χ3n) is 2.77. The Labute approximate surface area is 93.2 Å². The lowest BCUT2D eigenvalue weighted by molar-refractivity contribution is -0.176. The highest BCUT2D eigenvalue weighted by atomic mass is 16.6. The van der Waals surface area contributed by atoms with Gasteiger partial charge in [0, 0.05) is 5.92 Å². The van der Waals surface area contributed by atoms with Crippen molar-refractivity contribution in [2.45, 2.75) is 38.6 Å². The van der Waals surface area contributed by atoms with Crippen LogP contribution in [0.15, 0.2) is 0 Å². The van der Waals surface area contributed by atoms with Gasteiger partial charge in [-0.25, -0.2) is 9.59 Å². The molecule has 0 aliphatic carbocycles. The molecule has 6 nitrogen and oxygen atoms in total. The maximum atomic E-state index is 11.5. The lowest BCUT2D eigenvalue weighted by Crippen LogP contribution is -2.50. The molecule has 4 atom stereocenters. The molecule has 0 aromatic carbocycles. The standard InChI is InChI=1S/C10H16O6/c1-4-15-8(12)10(14)5(2)7(6(3)11)16-9(10)13/h5-7,11,14H,4H2,1-3H3/t5?,6-,7-,10?/m1/s1. The van der Waals surface area contributed by atoms with Crippen LogP contribution in [-0.4, -0.2) is 46.6 Å². The number of ether oxygens (including phenoxy) is 2. The summed E-state index contributed by atoms with van der Waals surface area (Å²) in [5, 5.41) is 19.3. The van der Waals surface area contributed by atoms with Crippen LogP contribution in [0.25, 0.3) is 0 Å². The summed E-state index contributed by atoms with van der Waals surface area (Å²) in [5.74, 6) is -2.95. The molecule has 1 fully saturated rings. The Morgan fingerprint density at radius 3 is 2.62 bits per heavy atom. The van der Waals surface area contributed by atoms with Gasteiger partial charge in [0.2, 0.25) is 0 Å². The van der Waals surface area contributed by atoms with Gasteiger partial charge in [0.1, 0.15) is 6.10 Å². The molecular formula is C10H16O6. The first-order valence-electron chi connectivity index (χ1n) is 5.14. The fourth-order valence-electron chi connectivity index (χ4n) is 1.77. The molecule has 2 N–H and O–H groups in total. The van der Waals surface area contributed by atoms with Crippen molar-refractivity contribution in [1.29, 1.82) is 0 Å². The van der Waals surface area contributed by atoms with Gasteiger partial charge >= 0.3 is 11.9 Å². The van der Waals surface area contributed by atoms with Crippen molar-refractivity contribution in [2.24, 2.45) is 5.92 Å². The average molecular weight is 232 g/mol. The van der Waals surface area contributed by atoms with Crippen molar-refractivity contribution in [3.8, 4) is 0 Å². The van der Waals surface area contributed by atoms with E-state index in [-0.39, 0.29) is 6.61 Å². The van der Waals surface area contributed by atoms with Gasteiger partial charge in [-0.1, -0.05) is 6.92 Å². The van der Waals surface area contributed by atoms with E-state index >= 15 is 0 Å². The van der Waals surface area contributed by atoms with Crippen LogP contribution in [0.3, 0.4) is 0 Å². The number of hydrogen-bond donors (Lipinski definition) is 2. The monoisotopic (exact) mass is 232 g/mol. The molecule has 0 bridgehead atoms. The van der Waals surface area contributed by atoms with Gasteiger partial charge in [-0.05, 0) is 13.8 Å². The molecule has 1 heterocycles. The van der Waals surface area contributed by atoms with Crippen LogP contribution in [0.2, 0.25) is 0 Å². The molecule has 1 aliphatic rings. The fraction of sp³-hybridized carbons (Fsp3) is 0.800. The number of carbonyl (C=O) groups excluding carboxylic acids is 2. The van der Waals surface area contributed by atoms with Crippen LogP contribution >= 0.6 is 0 Å². The molecule has 2 unspecified atom stereocenters. The summed E-state index contributed by atoms with van der Waals surface area (Å²) in [5.41, 5.74) is -2.31. The van der Waals surface area contributed by atoms with E-state index in [2.05, 4.69) is 4.74 Å². The van der Waals surface area contributed by atoms with Gasteiger partial charge in [0.25, 0.3) is 5.60 Å². The number of hydrogen-bond acceptors (Lipinski definition) is 6. The van der Waals surface area contributed by atoms with Crippen molar-refractivity contribution in [1.82, 2.24) is 0 Å². The van der Waals surface area contributed by atoms with Crippen molar-refractivity contribution < 1.29 is 29.3 Å². The minimum Gasteiger partial charge on any atom is -0.463 e. The third-order valence-corrected chi connectivity index (χ3v) is 2.77. The van der Waals surface area contributed by atoms with Crippen LogP contribution in [0.1, 0.15) is 20.8 Å². The first-order chi connectivity index (χ1) is 7.35. The summed E-state index contributed by atoms with van der Waals surface area (Å²) in [6, 6.07) is 0. The van der Waals surface area contributed by atoms with Gasteiger partial charge in [-0.3, -0.25) is 0 Å². The van der Waals surface area contributed by atoms with E-state index in [1.54, 1.807) is 6.92 Å². The second-order valence-electron chi connectivity index (χ2n) is 3.89. The second kappa shape index (κ2) is 4.39. The largest absolute Gasteiger partial charge is 0.463 e. The molecule has 0 amide bonds. The molecule has 1 rings (SSSR count). The minimum atomic E-state index is -2.31. The summed E-state index contributed by atoms with van der Waals surface area (Å²) >= 11 is 0. The maximum Gasteiger partial charge on any atom is 0.350 e. The van der Waals surface area contributed by atoms with E-state index in [1.807, 2.05) is 0 Å². The summed E-state index contributed by atoms with van der Waals surface area (Å²) < 4.78 is 9.40. The molecule has 1 aliphatic heterocycles. The van der Waals surface area contributed by atoms with Crippen LogP contribution in [-0.2, 0) is 19.1 Å². The number of esters is 2. The number of carbonyl (C=O) groups is 2. The van der Waals surface area contributed by atoms with E-state index in [1.165, 1.54) is 13.8 Å². The van der Waals surface area contributed by atoms with Crippen molar-refractivity contribution >= 4 is 11.9 Å². The highest BCUT2D eigenvalue weighted by Gasteiger charge is 2.61. The summed E-state index contributed by atoms with van der Waals surface area (Å²) in [4.78, 5) is 23.0. The van der Waals surface area contributed by atoms with Crippen LogP contribution < -0.4 is 0 Å². The molecule has 0 aromatic heterocycles. The van der Waals surface area contributed by atoms with Gasteiger partial charge in [-0.15, -0.1) is 0 Å². The maximum absolute atomic E-state index is 11.5. The Morgan fingerprint density at radius 2 is 2.25 bits per heavy atom. The van der Waals surface area contributed by atoms with Crippen LogP contribution in [0.4, 0.5) is 0 Å². The Morgan fingerprint density at radius 1 is 1.69 bits per heavy atom. The predicted molar refractivity (Wildman–Crippen MR) is 52.3 cm³/mol. The first kappa shape index (κ1) is 12.9. The average Bonchev–Trinajstić information content (AvgIpc) is 2.44. The molecule has 1 saturated heterocycles. The smallest absolute Gasteiger partial charge is 0.350 e. The third kappa shape index (κ3) is 1.78. The summed E-state index contributed by atoms with van der Waals surface area (Å²) in [7, 11) is 0. The van der Waals surface area contributed by atoms with Crippen molar-refractivity contribution in [3.05, 3.63) is 0 Å². The van der Waals surface area contributed by atoms with Crippen molar-refractivity contribution in [2.75, 3.05) is 6.61 Å². The van der Waals surface area contributed by atoms with E-state index in [9.17, 15) is 19.8 Å². The SMILES string of the molecule is CCOC(=O)C1(O)C(=O)O[C@@H]([C@@H](C)O)C1C. The highest BCUT2D eigenvalue weighted by molar-refractivity contribution is 6.05. The Balaban J connectivity index is 2.96. The van der Waals surface area contributed by atoms with Gasteiger partial charge in [-0.2, -0.15) is 0 Å². The fourth-order valence-corrected chi connectivity index (χ4v) is 1.77. The Bertz CT molecular complexity index is 300. The van der Waals surface area contributed by atoms with E-state index in [0.29, 0.717) is 0 Å². The summed E-state index contributed by atoms with van der Waals surface area (Å²) in [6.07, 6.45) is -1.86. The van der Waals surface area contributed by atoms with Gasteiger partial charge < -0.3 is 19.7 Å². The highest BCUT2D eigenvalue weighted by Crippen LogP contribution is 2.34. The van der Waals surface area contributed by atoms with Gasteiger partial charge in [0.05, 0.1) is 12.7 Å². The molecule has 6 heteroatoms. The zero-order chi connectivity index (χ0) is 12.5. The van der Waals surface area contributed by atoms with E-state index < -0.39 is 35.7 Å². The molecule has 92 valence electrons. The number of aliphatic hydroxyl groups is 2. The van der Waals surface area contributed by atoms with Crippen molar-refractivity contribution in [3.63, 3.8) is 0 Å². The zero-order valence-corrected chi connectivity index (χ0v) is 9.47. The van der Waals surface area contributed by atoms with Crippen LogP contribution in [0.5, 0.6) is 0 Å². The minimum absolute atomic E-state index is 0.0560. The van der Waals surface area contributed by atoms with E-state index in [4.69, 9.17) is 4.74 Å². The number of rotatable bonds is 3. The second-order valence-corrected chi connectivity index (χ2v) is 3.89. The van der Waals surface area contributed by atoms with Crippen LogP contribution in [0, 0.1) is 5.92 Å².